The summed E-state index contributed by atoms with van der Waals surface area (Å²) in [4.78, 5) is 6.00. The van der Waals surface area contributed by atoms with Crippen LogP contribution < -0.4 is 9.64 Å². The lowest BCUT2D eigenvalue weighted by Crippen LogP contribution is -2.24. The van der Waals surface area contributed by atoms with Crippen LogP contribution >= 0.6 is 0 Å². The molecule has 144 valence electrons. The van der Waals surface area contributed by atoms with Crippen molar-refractivity contribution < 1.29 is 17.9 Å². The highest BCUT2D eigenvalue weighted by Gasteiger charge is 2.31. The second-order valence-electron chi connectivity index (χ2n) is 6.77. The lowest BCUT2D eigenvalue weighted by molar-refractivity contribution is -0.137. The third kappa shape index (κ3) is 4.11. The van der Waals surface area contributed by atoms with Crippen LogP contribution in [0.5, 0.6) is 5.88 Å². The lowest BCUT2D eigenvalue weighted by atomic mass is 10.1. The smallest absolute Gasteiger partial charge is 0.417 e. The first-order chi connectivity index (χ1) is 13.5. The zero-order chi connectivity index (χ0) is 19.6. The van der Waals surface area contributed by atoms with Crippen molar-refractivity contribution in [3.63, 3.8) is 0 Å². The van der Waals surface area contributed by atoms with Gasteiger partial charge in [0.25, 0.3) is 0 Å². The molecule has 1 atom stereocenters. The number of rotatable bonds is 4. The summed E-state index contributed by atoms with van der Waals surface area (Å²) < 4.78 is 43.6. The summed E-state index contributed by atoms with van der Waals surface area (Å²) in [5.41, 5.74) is 2.66. The SMILES string of the molecule is FC(F)(F)c1ccc(O[C@@H]2CCN(c3ccc(-c4ccccc4)cc3)C2)nc1. The van der Waals surface area contributed by atoms with E-state index in [-0.39, 0.29) is 12.0 Å². The summed E-state index contributed by atoms with van der Waals surface area (Å²) in [5.74, 6) is 0.222. The van der Waals surface area contributed by atoms with Gasteiger partial charge >= 0.3 is 6.18 Å². The molecule has 2 aromatic carbocycles. The average molecular weight is 384 g/mol. The van der Waals surface area contributed by atoms with Crippen LogP contribution in [0, 0.1) is 0 Å². The van der Waals surface area contributed by atoms with Crippen molar-refractivity contribution in [3.05, 3.63) is 78.5 Å². The molecule has 3 aromatic rings. The Hall–Kier alpha value is -3.02. The number of anilines is 1. The van der Waals surface area contributed by atoms with Crippen LogP contribution in [0.25, 0.3) is 11.1 Å². The van der Waals surface area contributed by atoms with Gasteiger partial charge in [-0.25, -0.2) is 4.98 Å². The largest absolute Gasteiger partial charge is 0.472 e. The van der Waals surface area contributed by atoms with Gasteiger partial charge in [-0.3, -0.25) is 0 Å². The Morgan fingerprint density at radius 1 is 0.893 bits per heavy atom. The molecule has 3 nitrogen and oxygen atoms in total. The second-order valence-corrected chi connectivity index (χ2v) is 6.77. The van der Waals surface area contributed by atoms with Crippen LogP contribution in [0.4, 0.5) is 18.9 Å². The molecule has 0 aliphatic carbocycles. The zero-order valence-electron chi connectivity index (χ0n) is 15.1. The van der Waals surface area contributed by atoms with E-state index in [9.17, 15) is 13.2 Å². The van der Waals surface area contributed by atoms with Gasteiger partial charge in [0.15, 0.2) is 0 Å². The molecule has 0 N–H and O–H groups in total. The first-order valence-electron chi connectivity index (χ1n) is 9.09. The molecule has 4 rings (SSSR count). The third-order valence-electron chi connectivity index (χ3n) is 4.84. The number of benzene rings is 2. The molecule has 1 aromatic heterocycles. The van der Waals surface area contributed by atoms with E-state index in [0.717, 1.165) is 36.5 Å². The predicted octanol–water partition coefficient (Wildman–Crippen LogP) is 5.43. The molecule has 0 saturated carbocycles. The highest BCUT2D eigenvalue weighted by molar-refractivity contribution is 5.66. The van der Waals surface area contributed by atoms with Crippen molar-refractivity contribution in [1.29, 1.82) is 0 Å². The van der Waals surface area contributed by atoms with E-state index in [0.29, 0.717) is 6.54 Å². The minimum absolute atomic E-state index is 0.0990. The van der Waals surface area contributed by atoms with Crippen LogP contribution in [0.3, 0.4) is 0 Å². The fourth-order valence-corrected chi connectivity index (χ4v) is 3.34. The Morgan fingerprint density at radius 3 is 2.25 bits per heavy atom. The number of hydrogen-bond acceptors (Lipinski definition) is 3. The summed E-state index contributed by atoms with van der Waals surface area (Å²) in [7, 11) is 0. The van der Waals surface area contributed by atoms with Gasteiger partial charge in [0.05, 0.1) is 12.1 Å². The molecule has 1 aliphatic heterocycles. The molecule has 0 radical (unpaired) electrons. The van der Waals surface area contributed by atoms with Crippen molar-refractivity contribution in [3.8, 4) is 17.0 Å². The number of alkyl halides is 3. The van der Waals surface area contributed by atoms with Gasteiger partial charge in [0, 0.05) is 30.9 Å². The molecule has 0 spiro atoms. The fourth-order valence-electron chi connectivity index (χ4n) is 3.34. The summed E-state index contributed by atoms with van der Waals surface area (Å²) >= 11 is 0. The monoisotopic (exact) mass is 384 g/mol. The molecule has 2 heterocycles. The van der Waals surface area contributed by atoms with Crippen molar-refractivity contribution in [2.24, 2.45) is 0 Å². The minimum Gasteiger partial charge on any atom is -0.472 e. The van der Waals surface area contributed by atoms with E-state index in [2.05, 4.69) is 46.3 Å². The standard InChI is InChI=1S/C22H19F3N2O/c23-22(24,25)18-8-11-21(26-14-18)28-20-12-13-27(15-20)19-9-6-17(7-10-19)16-4-2-1-3-5-16/h1-11,14,20H,12-13,15H2/t20-/m1/s1. The van der Waals surface area contributed by atoms with E-state index in [4.69, 9.17) is 4.74 Å². The molecular formula is C22H19F3N2O. The van der Waals surface area contributed by atoms with Gasteiger partial charge in [-0.05, 0) is 29.3 Å². The summed E-state index contributed by atoms with van der Waals surface area (Å²) in [6, 6.07) is 20.8. The van der Waals surface area contributed by atoms with Crippen molar-refractivity contribution in [1.82, 2.24) is 4.98 Å². The summed E-state index contributed by atoms with van der Waals surface area (Å²) in [5, 5.41) is 0. The Kier molecular flexibility index (Phi) is 4.94. The fraction of sp³-hybridized carbons (Fsp3) is 0.227. The number of hydrogen-bond donors (Lipinski definition) is 0. The van der Waals surface area contributed by atoms with Crippen LogP contribution in [0.15, 0.2) is 72.9 Å². The molecule has 28 heavy (non-hydrogen) atoms. The van der Waals surface area contributed by atoms with E-state index in [1.807, 2.05) is 18.2 Å². The molecule has 1 saturated heterocycles. The first-order valence-corrected chi connectivity index (χ1v) is 9.09. The van der Waals surface area contributed by atoms with E-state index < -0.39 is 11.7 Å². The Morgan fingerprint density at radius 2 is 1.61 bits per heavy atom. The number of halogens is 3. The zero-order valence-corrected chi connectivity index (χ0v) is 15.1. The van der Waals surface area contributed by atoms with Gasteiger partial charge in [-0.15, -0.1) is 0 Å². The lowest BCUT2D eigenvalue weighted by Gasteiger charge is -2.19. The molecular weight excluding hydrogens is 365 g/mol. The molecule has 0 unspecified atom stereocenters. The maximum absolute atomic E-state index is 12.6. The highest BCUT2D eigenvalue weighted by Crippen LogP contribution is 2.30. The Labute approximate surface area is 161 Å². The van der Waals surface area contributed by atoms with Gasteiger partial charge in [0.2, 0.25) is 5.88 Å². The minimum atomic E-state index is -4.39. The van der Waals surface area contributed by atoms with Crippen LogP contribution in [-0.4, -0.2) is 24.2 Å². The predicted molar refractivity (Wildman–Crippen MR) is 102 cm³/mol. The molecule has 1 fully saturated rings. The molecule has 1 aliphatic rings. The van der Waals surface area contributed by atoms with Gasteiger partial charge in [0.1, 0.15) is 6.10 Å². The number of nitrogens with zero attached hydrogens (tertiary/aromatic N) is 2. The number of ether oxygens (including phenoxy) is 1. The third-order valence-corrected chi connectivity index (χ3v) is 4.84. The summed E-state index contributed by atoms with van der Waals surface area (Å²) in [6.07, 6.45) is -2.88. The van der Waals surface area contributed by atoms with Gasteiger partial charge < -0.3 is 9.64 Å². The summed E-state index contributed by atoms with van der Waals surface area (Å²) in [6.45, 7) is 1.50. The molecule has 0 bridgehead atoms. The Bertz CT molecular complexity index is 909. The molecule has 0 amide bonds. The van der Waals surface area contributed by atoms with Crippen molar-refractivity contribution in [2.45, 2.75) is 18.7 Å². The van der Waals surface area contributed by atoms with Crippen molar-refractivity contribution >= 4 is 5.69 Å². The highest BCUT2D eigenvalue weighted by atomic mass is 19.4. The van der Waals surface area contributed by atoms with E-state index in [1.54, 1.807) is 0 Å². The number of aromatic nitrogens is 1. The normalized spacial score (nSPS) is 17.0. The maximum Gasteiger partial charge on any atom is 0.417 e. The number of pyridine rings is 1. The van der Waals surface area contributed by atoms with Crippen LogP contribution in [0.2, 0.25) is 0 Å². The van der Waals surface area contributed by atoms with Gasteiger partial charge in [-0.1, -0.05) is 42.5 Å². The van der Waals surface area contributed by atoms with Gasteiger partial charge in [-0.2, -0.15) is 13.2 Å². The quantitative estimate of drug-likeness (QED) is 0.600. The topological polar surface area (TPSA) is 25.4 Å². The average Bonchev–Trinajstić information content (AvgIpc) is 3.17. The Balaban J connectivity index is 1.37. The maximum atomic E-state index is 12.6. The van der Waals surface area contributed by atoms with Crippen LogP contribution in [-0.2, 0) is 6.18 Å². The second kappa shape index (κ2) is 7.54. The van der Waals surface area contributed by atoms with E-state index >= 15 is 0 Å². The van der Waals surface area contributed by atoms with E-state index in [1.165, 1.54) is 11.6 Å². The van der Waals surface area contributed by atoms with Crippen LogP contribution in [0.1, 0.15) is 12.0 Å². The molecule has 6 heteroatoms. The first kappa shape index (κ1) is 18.3. The van der Waals surface area contributed by atoms with Crippen molar-refractivity contribution in [2.75, 3.05) is 18.0 Å².